The first-order valence-electron chi connectivity index (χ1n) is 14.9. The van der Waals surface area contributed by atoms with E-state index >= 15 is 0 Å². The Hall–Kier alpha value is -4.85. The van der Waals surface area contributed by atoms with E-state index in [-0.39, 0.29) is 58.6 Å². The number of aryl methyl sites for hydroxylation is 2. The average molecular weight is 654 g/mol. The van der Waals surface area contributed by atoms with Gasteiger partial charge in [-0.15, -0.1) is 5.10 Å². The number of primary amides is 1. The SMILES string of the molecule is CCc1cc(-c2nc(C(O)(CNC(=O)c3cc(OC4CC4)c4nnc(C)cc4c3)C(F)(F)F)cc3c2OC[C@]3(C)C(N)=O)ccc1F. The molecule has 0 saturated heterocycles. The fourth-order valence-electron chi connectivity index (χ4n) is 5.45. The Bertz CT molecular complexity index is 1930. The van der Waals surface area contributed by atoms with Crippen LogP contribution in [-0.2, 0) is 22.2 Å². The van der Waals surface area contributed by atoms with E-state index in [2.05, 4.69) is 20.5 Å². The number of amides is 2. The molecule has 6 rings (SSSR count). The highest BCUT2D eigenvalue weighted by Gasteiger charge is 2.57. The number of pyridine rings is 1. The van der Waals surface area contributed by atoms with Crippen molar-refractivity contribution in [1.29, 1.82) is 0 Å². The molecular weight excluding hydrogens is 622 g/mol. The molecule has 2 aromatic carbocycles. The van der Waals surface area contributed by atoms with Crippen molar-refractivity contribution in [3.05, 3.63) is 76.4 Å². The molecule has 246 valence electrons. The monoisotopic (exact) mass is 653 g/mol. The number of fused-ring (bicyclic) bond motifs is 2. The third kappa shape index (κ3) is 5.70. The maximum absolute atomic E-state index is 14.9. The molecule has 4 N–H and O–H groups in total. The van der Waals surface area contributed by atoms with Gasteiger partial charge in [0.1, 0.15) is 40.5 Å². The van der Waals surface area contributed by atoms with E-state index in [4.69, 9.17) is 15.2 Å². The Morgan fingerprint density at radius 2 is 1.89 bits per heavy atom. The number of nitrogens with zero attached hydrogens (tertiary/aromatic N) is 3. The van der Waals surface area contributed by atoms with Gasteiger partial charge in [-0.2, -0.15) is 18.3 Å². The molecule has 0 spiro atoms. The topological polar surface area (TPSA) is 150 Å². The molecule has 0 bridgehead atoms. The maximum Gasteiger partial charge on any atom is 0.424 e. The Labute approximate surface area is 266 Å². The summed E-state index contributed by atoms with van der Waals surface area (Å²) in [5.74, 6) is -2.09. The van der Waals surface area contributed by atoms with E-state index in [1.807, 2.05) is 0 Å². The molecular formula is C33H31F4N5O5. The molecule has 1 saturated carbocycles. The number of nitrogens with one attached hydrogen (secondary N) is 1. The van der Waals surface area contributed by atoms with E-state index in [1.165, 1.54) is 31.2 Å². The van der Waals surface area contributed by atoms with Crippen LogP contribution in [0.3, 0.4) is 0 Å². The molecule has 2 aliphatic rings. The van der Waals surface area contributed by atoms with Crippen LogP contribution in [0.25, 0.3) is 22.2 Å². The van der Waals surface area contributed by atoms with Crippen LogP contribution in [0.5, 0.6) is 11.5 Å². The number of alkyl halides is 3. The summed E-state index contributed by atoms with van der Waals surface area (Å²) in [5, 5.41) is 22.3. The van der Waals surface area contributed by atoms with Crippen molar-refractivity contribution in [2.24, 2.45) is 5.73 Å². The van der Waals surface area contributed by atoms with Crippen molar-refractivity contribution < 1.29 is 41.7 Å². The van der Waals surface area contributed by atoms with Crippen molar-refractivity contribution in [3.8, 4) is 22.8 Å². The van der Waals surface area contributed by atoms with Crippen molar-refractivity contribution in [2.75, 3.05) is 13.2 Å². The van der Waals surface area contributed by atoms with Gasteiger partial charge >= 0.3 is 6.18 Å². The smallest absolute Gasteiger partial charge is 0.424 e. The number of ether oxygens (including phenoxy) is 2. The van der Waals surface area contributed by atoms with Crippen LogP contribution in [0.2, 0.25) is 0 Å². The molecule has 2 aromatic heterocycles. The Morgan fingerprint density at radius 3 is 2.55 bits per heavy atom. The average Bonchev–Trinajstić information content (AvgIpc) is 3.78. The van der Waals surface area contributed by atoms with E-state index in [0.29, 0.717) is 16.6 Å². The van der Waals surface area contributed by atoms with E-state index in [9.17, 15) is 32.3 Å². The molecule has 1 fully saturated rings. The van der Waals surface area contributed by atoms with Gasteiger partial charge < -0.3 is 25.6 Å². The number of hydrogen-bond donors (Lipinski definition) is 3. The van der Waals surface area contributed by atoms with Crippen molar-refractivity contribution in [1.82, 2.24) is 20.5 Å². The zero-order valence-corrected chi connectivity index (χ0v) is 25.7. The predicted octanol–water partition coefficient (Wildman–Crippen LogP) is 4.56. The lowest BCUT2D eigenvalue weighted by Gasteiger charge is -2.31. The summed E-state index contributed by atoms with van der Waals surface area (Å²) >= 11 is 0. The quantitative estimate of drug-likeness (QED) is 0.223. The largest absolute Gasteiger partial charge is 0.489 e. The number of rotatable bonds is 9. The number of aliphatic hydroxyl groups is 1. The molecule has 2 atom stereocenters. The van der Waals surface area contributed by atoms with Gasteiger partial charge in [-0.1, -0.05) is 6.92 Å². The molecule has 4 aromatic rings. The Kier molecular flexibility index (Phi) is 7.81. The van der Waals surface area contributed by atoms with Crippen LogP contribution in [0, 0.1) is 12.7 Å². The normalized spacial score (nSPS) is 18.7. The van der Waals surface area contributed by atoms with Crippen LogP contribution in [-0.4, -0.2) is 57.5 Å². The van der Waals surface area contributed by atoms with Gasteiger partial charge in [-0.05, 0) is 81.1 Å². The molecule has 1 unspecified atom stereocenters. The lowest BCUT2D eigenvalue weighted by atomic mass is 9.81. The zero-order chi connectivity index (χ0) is 33.9. The van der Waals surface area contributed by atoms with Crippen LogP contribution in [0.15, 0.2) is 42.5 Å². The van der Waals surface area contributed by atoms with Gasteiger partial charge in [0.25, 0.3) is 5.91 Å². The lowest BCUT2D eigenvalue weighted by Crippen LogP contribution is -2.51. The second-order valence-electron chi connectivity index (χ2n) is 12.1. The van der Waals surface area contributed by atoms with Crippen molar-refractivity contribution in [2.45, 2.75) is 63.3 Å². The summed E-state index contributed by atoms with van der Waals surface area (Å²) in [6, 6.07) is 9.26. The van der Waals surface area contributed by atoms with Crippen LogP contribution in [0.1, 0.15) is 59.6 Å². The first-order chi connectivity index (χ1) is 22.1. The van der Waals surface area contributed by atoms with Crippen molar-refractivity contribution in [3.63, 3.8) is 0 Å². The fraction of sp³-hybridized carbons (Fsp3) is 0.364. The number of carbonyl (C=O) groups is 2. The van der Waals surface area contributed by atoms with Crippen LogP contribution < -0.4 is 20.5 Å². The second-order valence-corrected chi connectivity index (χ2v) is 12.1. The van der Waals surface area contributed by atoms with Gasteiger partial charge in [-0.25, -0.2) is 9.37 Å². The summed E-state index contributed by atoms with van der Waals surface area (Å²) in [7, 11) is 0. The van der Waals surface area contributed by atoms with E-state index in [0.717, 1.165) is 25.0 Å². The molecule has 10 nitrogen and oxygen atoms in total. The highest BCUT2D eigenvalue weighted by Crippen LogP contribution is 2.48. The summed E-state index contributed by atoms with van der Waals surface area (Å²) in [6.07, 6.45) is -3.55. The predicted molar refractivity (Wildman–Crippen MR) is 161 cm³/mol. The standard InChI is InChI=1S/C33H31F4N5O5/c1-4-17-10-18(5-8-23(17)34)27-28-22(31(3,15-46-28)30(38)44)13-25(40-27)32(45,33(35,36)37)14-39-29(43)20-11-19-9-16(2)41-42-26(19)24(12-20)47-21-6-7-21/h5,8-13,21,45H,4,6-7,14-15H2,1-3H3,(H2,38,44)(H,39,43)/t31-,32?/m0/s1. The minimum absolute atomic E-state index is 0.0185. The summed E-state index contributed by atoms with van der Waals surface area (Å²) < 4.78 is 70.6. The summed E-state index contributed by atoms with van der Waals surface area (Å²) in [4.78, 5) is 30.1. The Balaban J connectivity index is 1.42. The molecule has 47 heavy (non-hydrogen) atoms. The first kappa shape index (κ1) is 32.1. The van der Waals surface area contributed by atoms with Crippen molar-refractivity contribution >= 4 is 22.7 Å². The molecule has 1 aliphatic heterocycles. The van der Waals surface area contributed by atoms with Gasteiger partial charge in [-0.3, -0.25) is 9.59 Å². The second kappa shape index (κ2) is 11.4. The maximum atomic E-state index is 14.9. The molecule has 2 amide bonds. The zero-order valence-electron chi connectivity index (χ0n) is 25.7. The first-order valence-corrected chi connectivity index (χ1v) is 14.9. The number of hydrogen-bond acceptors (Lipinski definition) is 8. The van der Waals surface area contributed by atoms with Crippen LogP contribution in [0.4, 0.5) is 17.6 Å². The van der Waals surface area contributed by atoms with Gasteiger partial charge in [0.2, 0.25) is 11.5 Å². The highest BCUT2D eigenvalue weighted by molar-refractivity contribution is 6.00. The number of benzene rings is 2. The third-order valence-corrected chi connectivity index (χ3v) is 8.57. The molecule has 1 aliphatic carbocycles. The van der Waals surface area contributed by atoms with E-state index in [1.54, 1.807) is 19.9 Å². The molecule has 14 heteroatoms. The van der Waals surface area contributed by atoms with Gasteiger partial charge in [0.05, 0.1) is 24.0 Å². The Morgan fingerprint density at radius 1 is 1.15 bits per heavy atom. The van der Waals surface area contributed by atoms with Gasteiger partial charge in [0.15, 0.2) is 0 Å². The van der Waals surface area contributed by atoms with Crippen LogP contribution >= 0.6 is 0 Å². The van der Waals surface area contributed by atoms with Gasteiger partial charge in [0, 0.05) is 22.1 Å². The lowest BCUT2D eigenvalue weighted by molar-refractivity contribution is -0.265. The third-order valence-electron chi connectivity index (χ3n) is 8.57. The molecule has 0 radical (unpaired) electrons. The minimum atomic E-state index is -5.37. The number of carbonyl (C=O) groups excluding carboxylic acids is 2. The number of halogens is 4. The number of aromatic nitrogens is 3. The summed E-state index contributed by atoms with van der Waals surface area (Å²) in [6.45, 7) is 3.16. The fourth-order valence-corrected chi connectivity index (χ4v) is 5.45. The molecule has 3 heterocycles. The number of nitrogens with two attached hydrogens (primary N) is 1. The minimum Gasteiger partial charge on any atom is -0.489 e. The highest BCUT2D eigenvalue weighted by atomic mass is 19.4. The van der Waals surface area contributed by atoms with E-state index < -0.39 is 47.1 Å². The summed E-state index contributed by atoms with van der Waals surface area (Å²) in [5.41, 5.74) is 0.616.